The van der Waals surface area contributed by atoms with Gasteiger partial charge in [-0.2, -0.15) is 4.98 Å². The number of ketones is 1. The third kappa shape index (κ3) is 12.6. The predicted octanol–water partition coefficient (Wildman–Crippen LogP) is 5.54. The number of carbonyl (C=O) groups is 2. The average Bonchev–Trinajstić information content (AvgIpc) is 3.29. The van der Waals surface area contributed by atoms with Gasteiger partial charge in [0.1, 0.15) is 17.8 Å². The van der Waals surface area contributed by atoms with Gasteiger partial charge < -0.3 is 28.6 Å². The standard InChI is InChI=1S/C30H52N5O7P/c1-9-31-20-40-43(35(21(2)3)22(4)5)42-26-18-27(41-25(26)8)34-19-23(6)29(33-30(34)38)32-16-12-10-11-13-17-39-28(37)15-14-24(7)36/h19-22,25-27H,9-18H2,1-8H3,(H,32,33,38)/b31-20+. The quantitative estimate of drug-likeness (QED) is 0.0647. The van der Waals surface area contributed by atoms with E-state index in [1.807, 2.05) is 20.8 Å². The molecule has 0 spiro atoms. The highest BCUT2D eigenvalue weighted by Crippen LogP contribution is 2.49. The number of nitrogens with one attached hydrogen (secondary N) is 1. The Morgan fingerprint density at radius 3 is 2.56 bits per heavy atom. The zero-order chi connectivity index (χ0) is 31.9. The van der Waals surface area contributed by atoms with Crippen LogP contribution in [0, 0.1) is 6.92 Å². The molecule has 1 N–H and O–H groups in total. The number of carbonyl (C=O) groups excluding carboxylic acids is 2. The number of aryl methyl sites for hydroxylation is 1. The molecule has 2 rings (SSSR count). The van der Waals surface area contributed by atoms with Gasteiger partial charge >= 0.3 is 20.2 Å². The Labute approximate surface area is 257 Å². The van der Waals surface area contributed by atoms with Crippen LogP contribution in [0.25, 0.3) is 0 Å². The lowest BCUT2D eigenvalue weighted by atomic mass is 10.2. The van der Waals surface area contributed by atoms with E-state index < -0.39 is 14.8 Å². The second kappa shape index (κ2) is 19.1. The number of ether oxygens (including phenoxy) is 2. The zero-order valence-electron chi connectivity index (χ0n) is 27.2. The average molecular weight is 626 g/mol. The number of anilines is 1. The van der Waals surface area contributed by atoms with Gasteiger partial charge in [-0.15, -0.1) is 0 Å². The number of hydrogen-bond acceptors (Lipinski definition) is 11. The minimum atomic E-state index is -1.42. The molecule has 1 aromatic heterocycles. The second-order valence-corrected chi connectivity index (χ2v) is 12.8. The van der Waals surface area contributed by atoms with Gasteiger partial charge in [-0.3, -0.25) is 14.4 Å². The van der Waals surface area contributed by atoms with Crippen LogP contribution in [0.4, 0.5) is 5.82 Å². The van der Waals surface area contributed by atoms with Crippen LogP contribution in [-0.4, -0.2) is 76.4 Å². The molecule has 12 nitrogen and oxygen atoms in total. The number of aromatic nitrogens is 2. The molecule has 0 saturated carbocycles. The van der Waals surface area contributed by atoms with Crippen LogP contribution < -0.4 is 11.0 Å². The normalized spacial score (nSPS) is 19.5. The molecule has 43 heavy (non-hydrogen) atoms. The maximum atomic E-state index is 13.0. The molecule has 4 atom stereocenters. The lowest BCUT2D eigenvalue weighted by Crippen LogP contribution is -2.35. The molecular formula is C30H52N5O7P. The summed E-state index contributed by atoms with van der Waals surface area (Å²) < 4.78 is 27.5. The maximum absolute atomic E-state index is 13.0. The van der Waals surface area contributed by atoms with E-state index in [1.54, 1.807) is 10.8 Å². The second-order valence-electron chi connectivity index (χ2n) is 11.4. The summed E-state index contributed by atoms with van der Waals surface area (Å²) in [7, 11) is -1.42. The molecule has 0 bridgehead atoms. The van der Waals surface area contributed by atoms with Crippen LogP contribution in [0.1, 0.15) is 105 Å². The largest absolute Gasteiger partial charge is 0.466 e. The Morgan fingerprint density at radius 1 is 1.21 bits per heavy atom. The minimum absolute atomic E-state index is 0.0134. The van der Waals surface area contributed by atoms with Crippen LogP contribution >= 0.6 is 8.53 Å². The fourth-order valence-electron chi connectivity index (χ4n) is 4.74. The fraction of sp³-hybridized carbons (Fsp3) is 0.767. The van der Waals surface area contributed by atoms with Gasteiger partial charge in [-0.1, -0.05) is 6.42 Å². The van der Waals surface area contributed by atoms with Crippen molar-refractivity contribution in [1.29, 1.82) is 0 Å². The van der Waals surface area contributed by atoms with E-state index in [9.17, 15) is 14.4 Å². The molecule has 0 aromatic carbocycles. The van der Waals surface area contributed by atoms with Gasteiger partial charge in [0.05, 0.1) is 25.2 Å². The lowest BCUT2D eigenvalue weighted by molar-refractivity contribution is -0.144. The van der Waals surface area contributed by atoms with Gasteiger partial charge in [0.15, 0.2) is 6.40 Å². The lowest BCUT2D eigenvalue weighted by Gasteiger charge is -2.36. The van der Waals surface area contributed by atoms with E-state index in [1.165, 1.54) is 13.3 Å². The van der Waals surface area contributed by atoms with E-state index >= 15 is 0 Å². The van der Waals surface area contributed by atoms with Crippen LogP contribution in [-0.2, 0) is 28.1 Å². The monoisotopic (exact) mass is 625 g/mol. The molecule has 13 heteroatoms. The Kier molecular flexibility index (Phi) is 16.3. The van der Waals surface area contributed by atoms with Crippen molar-refractivity contribution in [3.63, 3.8) is 0 Å². The maximum Gasteiger partial charge on any atom is 0.351 e. The van der Waals surface area contributed by atoms with E-state index in [2.05, 4.69) is 47.7 Å². The Hall–Kier alpha value is -2.40. The summed E-state index contributed by atoms with van der Waals surface area (Å²) in [5, 5.41) is 3.27. The first-order valence-corrected chi connectivity index (χ1v) is 16.6. The van der Waals surface area contributed by atoms with Gasteiger partial charge in [0.2, 0.25) is 0 Å². The van der Waals surface area contributed by atoms with Crippen LogP contribution in [0.3, 0.4) is 0 Å². The highest BCUT2D eigenvalue weighted by atomic mass is 31.2. The number of nitrogens with zero attached hydrogens (tertiary/aromatic N) is 4. The van der Waals surface area contributed by atoms with Crippen LogP contribution in [0.15, 0.2) is 16.0 Å². The highest BCUT2D eigenvalue weighted by Gasteiger charge is 2.40. The molecule has 0 aliphatic carbocycles. The molecule has 1 aliphatic rings. The Balaban J connectivity index is 1.88. The van der Waals surface area contributed by atoms with Crippen molar-refractivity contribution in [2.24, 2.45) is 4.99 Å². The first-order valence-electron chi connectivity index (χ1n) is 15.5. The SMILES string of the molecule is CC/N=C/OP(OC1CC(n2cc(C)c(NCCCCCCOC(=O)CCC(C)=O)nc2=O)OC1C)N(C(C)C)C(C)C. The number of hydrogen-bond donors (Lipinski definition) is 1. The van der Waals surface area contributed by atoms with Crippen molar-refractivity contribution in [3.8, 4) is 0 Å². The molecule has 244 valence electrons. The first-order chi connectivity index (χ1) is 20.4. The zero-order valence-corrected chi connectivity index (χ0v) is 28.1. The molecule has 0 amide bonds. The Morgan fingerprint density at radius 2 is 1.91 bits per heavy atom. The number of aliphatic imine (C=N–C) groups is 1. The summed E-state index contributed by atoms with van der Waals surface area (Å²) in [5.41, 5.74) is 0.474. The highest BCUT2D eigenvalue weighted by molar-refractivity contribution is 7.45. The first kappa shape index (κ1) is 36.8. The number of unbranched alkanes of at least 4 members (excludes halogenated alkanes) is 3. The molecule has 1 aromatic rings. The summed E-state index contributed by atoms with van der Waals surface area (Å²) in [6.45, 7) is 17.4. The van der Waals surface area contributed by atoms with Crippen molar-refractivity contribution < 1.29 is 28.1 Å². The molecule has 2 heterocycles. The van der Waals surface area contributed by atoms with Crippen molar-refractivity contribution in [1.82, 2.24) is 14.2 Å². The number of esters is 1. The fourth-order valence-corrected chi connectivity index (χ4v) is 6.39. The molecule has 1 saturated heterocycles. The molecule has 4 unspecified atom stereocenters. The van der Waals surface area contributed by atoms with Gasteiger partial charge in [-0.05, 0) is 74.7 Å². The Bertz CT molecular complexity index is 1090. The van der Waals surface area contributed by atoms with Crippen molar-refractivity contribution in [2.45, 2.75) is 131 Å². The van der Waals surface area contributed by atoms with Gasteiger partial charge in [-0.25, -0.2) is 9.46 Å². The number of rotatable bonds is 20. The third-order valence-corrected chi connectivity index (χ3v) is 8.98. The van der Waals surface area contributed by atoms with Gasteiger partial charge in [0, 0.05) is 49.8 Å². The minimum Gasteiger partial charge on any atom is -0.466 e. The summed E-state index contributed by atoms with van der Waals surface area (Å²) in [4.78, 5) is 44.0. The van der Waals surface area contributed by atoms with E-state index in [0.29, 0.717) is 31.9 Å². The summed E-state index contributed by atoms with van der Waals surface area (Å²) in [5.74, 6) is 0.228. The van der Waals surface area contributed by atoms with Crippen molar-refractivity contribution in [3.05, 3.63) is 22.2 Å². The summed E-state index contributed by atoms with van der Waals surface area (Å²) in [6.07, 6.45) is 6.68. The molecule has 0 radical (unpaired) electrons. The smallest absolute Gasteiger partial charge is 0.351 e. The van der Waals surface area contributed by atoms with E-state index in [4.69, 9.17) is 18.5 Å². The predicted molar refractivity (Wildman–Crippen MR) is 169 cm³/mol. The van der Waals surface area contributed by atoms with Crippen molar-refractivity contribution >= 4 is 32.5 Å². The molecule has 1 aliphatic heterocycles. The topological polar surface area (TPSA) is 134 Å². The summed E-state index contributed by atoms with van der Waals surface area (Å²) in [6, 6.07) is 0.413. The van der Waals surface area contributed by atoms with Gasteiger partial charge in [0.25, 0.3) is 0 Å². The molecule has 1 fully saturated rings. The number of Topliss-reactive ketones (excluding diaryl/α,β-unsaturated/α-hetero) is 1. The van der Waals surface area contributed by atoms with E-state index in [-0.39, 0.29) is 54.6 Å². The van der Waals surface area contributed by atoms with E-state index in [0.717, 1.165) is 31.2 Å². The van der Waals surface area contributed by atoms with Crippen LogP contribution in [0.2, 0.25) is 0 Å². The van der Waals surface area contributed by atoms with Crippen LogP contribution in [0.5, 0.6) is 0 Å². The summed E-state index contributed by atoms with van der Waals surface area (Å²) >= 11 is 0. The van der Waals surface area contributed by atoms with Crippen molar-refractivity contribution in [2.75, 3.05) is 25.0 Å². The molecular weight excluding hydrogens is 573 g/mol. The third-order valence-electron chi connectivity index (χ3n) is 6.95.